The Labute approximate surface area is 209 Å². The van der Waals surface area contributed by atoms with Crippen LogP contribution < -0.4 is 19.5 Å². The van der Waals surface area contributed by atoms with E-state index in [9.17, 15) is 9.59 Å². The van der Waals surface area contributed by atoms with Gasteiger partial charge in [0.05, 0.1) is 38.9 Å². The van der Waals surface area contributed by atoms with Crippen LogP contribution in [0, 0.1) is 0 Å². The van der Waals surface area contributed by atoms with Gasteiger partial charge in [-0.05, 0) is 30.7 Å². The maximum atomic E-state index is 12.9. The van der Waals surface area contributed by atoms with Crippen LogP contribution in [0.5, 0.6) is 17.2 Å². The highest BCUT2D eigenvalue weighted by Gasteiger charge is 2.18. The van der Waals surface area contributed by atoms with Gasteiger partial charge in [-0.15, -0.1) is 0 Å². The zero-order valence-electron chi connectivity index (χ0n) is 20.6. The predicted molar refractivity (Wildman–Crippen MR) is 137 cm³/mol. The standard InChI is InChI=1S/C28H29N3O5/c1-34-24-16-20(17-25(35-2)27(24)36-3)28(33)29-15-9-14-26-30-21-12-7-8-13-22(21)31(26)18-23(32)19-10-5-4-6-11-19/h4-8,10-13,16-17H,9,14-15,18H2,1-3H3,(H,29,33). The van der Waals surface area contributed by atoms with Crippen LogP contribution in [0.4, 0.5) is 0 Å². The third-order valence-electron chi connectivity index (χ3n) is 5.92. The highest BCUT2D eigenvalue weighted by atomic mass is 16.5. The van der Waals surface area contributed by atoms with Gasteiger partial charge in [-0.1, -0.05) is 42.5 Å². The zero-order chi connectivity index (χ0) is 25.5. The van der Waals surface area contributed by atoms with Crippen LogP contribution in [0.25, 0.3) is 11.0 Å². The molecule has 3 aromatic carbocycles. The summed E-state index contributed by atoms with van der Waals surface area (Å²) in [6, 6.07) is 20.3. The first-order valence-electron chi connectivity index (χ1n) is 11.7. The Morgan fingerprint density at radius 3 is 2.19 bits per heavy atom. The molecule has 0 bridgehead atoms. The van der Waals surface area contributed by atoms with Crippen molar-refractivity contribution in [2.24, 2.45) is 0 Å². The van der Waals surface area contributed by atoms with Crippen LogP contribution in [-0.4, -0.2) is 49.1 Å². The Morgan fingerprint density at radius 1 is 0.861 bits per heavy atom. The maximum absolute atomic E-state index is 12.9. The lowest BCUT2D eigenvalue weighted by Crippen LogP contribution is -2.25. The fourth-order valence-corrected chi connectivity index (χ4v) is 4.11. The van der Waals surface area contributed by atoms with Crippen LogP contribution in [0.15, 0.2) is 66.7 Å². The lowest BCUT2D eigenvalue weighted by Gasteiger charge is -2.14. The van der Waals surface area contributed by atoms with Gasteiger partial charge >= 0.3 is 0 Å². The summed E-state index contributed by atoms with van der Waals surface area (Å²) in [6.45, 7) is 0.642. The number of imidazole rings is 1. The molecule has 0 radical (unpaired) electrons. The molecule has 4 rings (SSSR count). The summed E-state index contributed by atoms with van der Waals surface area (Å²) in [5.74, 6) is 1.85. The van der Waals surface area contributed by atoms with Crippen molar-refractivity contribution in [1.29, 1.82) is 0 Å². The van der Waals surface area contributed by atoms with Gasteiger partial charge in [-0.25, -0.2) is 4.98 Å². The number of nitrogens with one attached hydrogen (secondary N) is 1. The Morgan fingerprint density at radius 2 is 1.53 bits per heavy atom. The first-order chi connectivity index (χ1) is 17.5. The summed E-state index contributed by atoms with van der Waals surface area (Å²) in [6.07, 6.45) is 1.26. The van der Waals surface area contributed by atoms with E-state index in [-0.39, 0.29) is 18.2 Å². The molecule has 36 heavy (non-hydrogen) atoms. The fraction of sp³-hybridized carbons (Fsp3) is 0.250. The minimum atomic E-state index is -0.248. The van der Waals surface area contributed by atoms with Crippen LogP contribution in [0.3, 0.4) is 0 Å². The molecule has 0 saturated heterocycles. The van der Waals surface area contributed by atoms with Gasteiger partial charge < -0.3 is 24.1 Å². The summed E-state index contributed by atoms with van der Waals surface area (Å²) in [4.78, 5) is 30.4. The van der Waals surface area contributed by atoms with E-state index in [0.29, 0.717) is 47.8 Å². The number of nitrogens with zero attached hydrogens (tertiary/aromatic N) is 2. The van der Waals surface area contributed by atoms with E-state index in [2.05, 4.69) is 5.32 Å². The lowest BCUT2D eigenvalue weighted by atomic mass is 10.1. The van der Waals surface area contributed by atoms with Crippen LogP contribution in [-0.2, 0) is 13.0 Å². The number of carbonyl (C=O) groups is 2. The van der Waals surface area contributed by atoms with Gasteiger partial charge in [-0.3, -0.25) is 9.59 Å². The van der Waals surface area contributed by atoms with E-state index in [0.717, 1.165) is 16.9 Å². The first kappa shape index (κ1) is 24.8. The zero-order valence-corrected chi connectivity index (χ0v) is 20.6. The number of hydrogen-bond donors (Lipinski definition) is 1. The second-order valence-corrected chi connectivity index (χ2v) is 8.17. The van der Waals surface area contributed by atoms with Gasteiger partial charge in [-0.2, -0.15) is 0 Å². The lowest BCUT2D eigenvalue weighted by molar-refractivity contribution is 0.0950. The van der Waals surface area contributed by atoms with Crippen molar-refractivity contribution in [1.82, 2.24) is 14.9 Å². The molecule has 0 atom stereocenters. The molecule has 1 N–H and O–H groups in total. The summed E-state index contributed by atoms with van der Waals surface area (Å²) in [7, 11) is 4.53. The second kappa shape index (κ2) is 11.4. The number of para-hydroxylation sites is 2. The number of methoxy groups -OCH3 is 3. The number of hydrogen-bond acceptors (Lipinski definition) is 6. The van der Waals surface area contributed by atoms with E-state index < -0.39 is 0 Å². The second-order valence-electron chi connectivity index (χ2n) is 8.17. The van der Waals surface area contributed by atoms with E-state index >= 15 is 0 Å². The molecule has 8 nitrogen and oxygen atoms in total. The van der Waals surface area contributed by atoms with Crippen molar-refractivity contribution < 1.29 is 23.8 Å². The van der Waals surface area contributed by atoms with Gasteiger partial charge in [0.2, 0.25) is 5.75 Å². The molecule has 1 heterocycles. The van der Waals surface area contributed by atoms with Crippen LogP contribution in [0.2, 0.25) is 0 Å². The normalized spacial score (nSPS) is 10.8. The molecule has 1 amide bonds. The van der Waals surface area contributed by atoms with Crippen molar-refractivity contribution in [3.63, 3.8) is 0 Å². The Balaban J connectivity index is 1.44. The topological polar surface area (TPSA) is 91.7 Å². The number of Topliss-reactive ketones (excluding diaryl/α,β-unsaturated/α-hetero) is 1. The summed E-state index contributed by atoms with van der Waals surface area (Å²) in [5.41, 5.74) is 2.83. The smallest absolute Gasteiger partial charge is 0.251 e. The molecule has 1 aromatic heterocycles. The molecular weight excluding hydrogens is 458 g/mol. The summed E-state index contributed by atoms with van der Waals surface area (Å²) >= 11 is 0. The fourth-order valence-electron chi connectivity index (χ4n) is 4.11. The molecule has 0 aliphatic carbocycles. The first-order valence-corrected chi connectivity index (χ1v) is 11.7. The number of amides is 1. The van der Waals surface area contributed by atoms with Crippen molar-refractivity contribution in [3.8, 4) is 17.2 Å². The summed E-state index contributed by atoms with van der Waals surface area (Å²) in [5, 5.41) is 2.93. The molecule has 4 aromatic rings. The molecule has 0 saturated carbocycles. The van der Waals surface area contributed by atoms with E-state index in [1.165, 1.54) is 21.3 Å². The third-order valence-corrected chi connectivity index (χ3v) is 5.92. The van der Waals surface area contributed by atoms with Crippen molar-refractivity contribution >= 4 is 22.7 Å². The molecule has 0 aliphatic rings. The van der Waals surface area contributed by atoms with Gasteiger partial charge in [0.25, 0.3) is 5.91 Å². The monoisotopic (exact) mass is 487 g/mol. The largest absolute Gasteiger partial charge is 0.493 e. The highest BCUT2D eigenvalue weighted by Crippen LogP contribution is 2.38. The van der Waals surface area contributed by atoms with E-state index in [4.69, 9.17) is 19.2 Å². The van der Waals surface area contributed by atoms with Gasteiger partial charge in [0.1, 0.15) is 5.82 Å². The van der Waals surface area contributed by atoms with E-state index in [1.807, 2.05) is 59.2 Å². The SMILES string of the molecule is COc1cc(C(=O)NCCCc2nc3ccccc3n2CC(=O)c2ccccc2)cc(OC)c1OC. The molecule has 0 fully saturated rings. The molecular formula is C28H29N3O5. The van der Waals surface area contributed by atoms with Crippen molar-refractivity contribution in [3.05, 3.63) is 83.7 Å². The number of ketones is 1. The average molecular weight is 488 g/mol. The minimum Gasteiger partial charge on any atom is -0.493 e. The minimum absolute atomic E-state index is 0.0238. The number of rotatable bonds is 11. The van der Waals surface area contributed by atoms with Gasteiger partial charge in [0, 0.05) is 24.1 Å². The highest BCUT2D eigenvalue weighted by molar-refractivity contribution is 5.97. The van der Waals surface area contributed by atoms with Gasteiger partial charge in [0.15, 0.2) is 17.3 Å². The van der Waals surface area contributed by atoms with Crippen LogP contribution in [0.1, 0.15) is 33.0 Å². The Hall–Kier alpha value is -4.33. The average Bonchev–Trinajstić information content (AvgIpc) is 3.27. The Kier molecular flexibility index (Phi) is 7.85. The summed E-state index contributed by atoms with van der Waals surface area (Å²) < 4.78 is 18.0. The Bertz CT molecular complexity index is 1340. The molecule has 8 heteroatoms. The maximum Gasteiger partial charge on any atom is 0.251 e. The molecule has 186 valence electrons. The number of aryl methyl sites for hydroxylation is 1. The number of ether oxygens (including phenoxy) is 3. The molecule has 0 aliphatic heterocycles. The number of fused-ring (bicyclic) bond motifs is 1. The number of carbonyl (C=O) groups excluding carboxylic acids is 2. The van der Waals surface area contributed by atoms with Crippen molar-refractivity contribution in [2.45, 2.75) is 19.4 Å². The van der Waals surface area contributed by atoms with Crippen LogP contribution >= 0.6 is 0 Å². The quantitative estimate of drug-likeness (QED) is 0.250. The predicted octanol–water partition coefficient (Wildman–Crippen LogP) is 4.31. The number of benzene rings is 3. The third kappa shape index (κ3) is 5.33. The molecule has 0 unspecified atom stereocenters. The van der Waals surface area contributed by atoms with E-state index in [1.54, 1.807) is 12.1 Å². The molecule has 0 spiro atoms. The van der Waals surface area contributed by atoms with Crippen molar-refractivity contribution in [2.75, 3.05) is 27.9 Å². The number of aromatic nitrogens is 2.